The van der Waals surface area contributed by atoms with Crippen LogP contribution in [0, 0.1) is 0 Å². The molecule has 1 fully saturated rings. The zero-order valence-corrected chi connectivity index (χ0v) is 13.1. The van der Waals surface area contributed by atoms with Crippen LogP contribution in [0.5, 0.6) is 0 Å². The third kappa shape index (κ3) is 2.54. The fraction of sp³-hybridized carbons (Fsp3) is 0.786. The lowest BCUT2D eigenvalue weighted by Gasteiger charge is -2.54. The van der Waals surface area contributed by atoms with Crippen LogP contribution in [0.3, 0.4) is 0 Å². The fourth-order valence-corrected chi connectivity index (χ4v) is 2.69. The predicted octanol–water partition coefficient (Wildman–Crippen LogP) is 1.63. The Morgan fingerprint density at radius 2 is 1.73 bits per heavy atom. The van der Waals surface area contributed by atoms with E-state index in [4.69, 9.17) is 18.9 Å². The number of halogens is 2. The van der Waals surface area contributed by atoms with Gasteiger partial charge >= 0.3 is 5.97 Å². The molecule has 0 aromatic rings. The monoisotopic (exact) mass is 322 g/mol. The van der Waals surface area contributed by atoms with E-state index < -0.39 is 35.7 Å². The van der Waals surface area contributed by atoms with Gasteiger partial charge in [0.25, 0.3) is 5.92 Å². The molecule has 2 aliphatic rings. The molecule has 2 rings (SSSR count). The molecule has 0 unspecified atom stereocenters. The van der Waals surface area contributed by atoms with Gasteiger partial charge in [-0.25, -0.2) is 4.79 Å². The van der Waals surface area contributed by atoms with Gasteiger partial charge in [-0.3, -0.25) is 0 Å². The summed E-state index contributed by atoms with van der Waals surface area (Å²) in [6.07, 6.45) is -2.16. The van der Waals surface area contributed by atoms with Gasteiger partial charge < -0.3 is 23.7 Å². The number of hydrogen-bond donors (Lipinski definition) is 0. The van der Waals surface area contributed by atoms with Crippen molar-refractivity contribution in [3.63, 3.8) is 0 Å². The van der Waals surface area contributed by atoms with Crippen molar-refractivity contribution in [2.75, 3.05) is 21.3 Å². The lowest BCUT2D eigenvalue weighted by Crippen LogP contribution is -2.68. The average Bonchev–Trinajstić information content (AvgIpc) is 2.47. The molecular weight excluding hydrogens is 302 g/mol. The standard InChI is InChI=1S/C14H20F2O6/c1-12(19-4)13(2,20-5)22-10-9(21-12)6-8(11(17)18-3)7-14(10,15)16/h7,9-10H,6H2,1-5H3/t9-,10+,12+,13+/m1/s1. The highest BCUT2D eigenvalue weighted by Crippen LogP contribution is 2.47. The molecule has 1 heterocycles. The molecule has 6 nitrogen and oxygen atoms in total. The molecule has 0 spiro atoms. The van der Waals surface area contributed by atoms with Crippen LogP contribution in [0.1, 0.15) is 20.3 Å². The minimum Gasteiger partial charge on any atom is -0.466 e. The maximum absolute atomic E-state index is 14.3. The Hall–Kier alpha value is -1.09. The second kappa shape index (κ2) is 5.52. The first-order valence-corrected chi connectivity index (χ1v) is 6.76. The summed E-state index contributed by atoms with van der Waals surface area (Å²) in [6, 6.07) is 0. The Balaban J connectivity index is 2.39. The van der Waals surface area contributed by atoms with E-state index in [9.17, 15) is 13.6 Å². The largest absolute Gasteiger partial charge is 0.466 e. The normalized spacial score (nSPS) is 40.6. The maximum atomic E-state index is 14.3. The molecule has 4 atom stereocenters. The molecule has 1 saturated heterocycles. The summed E-state index contributed by atoms with van der Waals surface area (Å²) < 4.78 is 54.8. The molecule has 0 N–H and O–H groups in total. The summed E-state index contributed by atoms with van der Waals surface area (Å²) in [6.45, 7) is 2.99. The van der Waals surface area contributed by atoms with Crippen molar-refractivity contribution in [3.8, 4) is 0 Å². The molecule has 1 aliphatic carbocycles. The molecule has 1 aliphatic heterocycles. The Labute approximate surface area is 127 Å². The van der Waals surface area contributed by atoms with Crippen molar-refractivity contribution in [1.29, 1.82) is 0 Å². The topological polar surface area (TPSA) is 63.2 Å². The van der Waals surface area contributed by atoms with Crippen molar-refractivity contribution >= 4 is 5.97 Å². The Kier molecular flexibility index (Phi) is 4.33. The van der Waals surface area contributed by atoms with Gasteiger partial charge in [-0.15, -0.1) is 0 Å². The smallest absolute Gasteiger partial charge is 0.333 e. The van der Waals surface area contributed by atoms with Crippen LogP contribution >= 0.6 is 0 Å². The van der Waals surface area contributed by atoms with Crippen LogP contribution in [0.15, 0.2) is 11.6 Å². The van der Waals surface area contributed by atoms with Crippen LogP contribution in [0.2, 0.25) is 0 Å². The Bertz CT molecular complexity index is 494. The number of fused-ring (bicyclic) bond motifs is 1. The van der Waals surface area contributed by atoms with E-state index in [1.165, 1.54) is 28.1 Å². The van der Waals surface area contributed by atoms with E-state index >= 15 is 0 Å². The number of carbonyl (C=O) groups excluding carboxylic acids is 1. The molecule has 0 amide bonds. The summed E-state index contributed by atoms with van der Waals surface area (Å²) >= 11 is 0. The van der Waals surface area contributed by atoms with Gasteiger partial charge in [0.05, 0.1) is 13.2 Å². The van der Waals surface area contributed by atoms with Crippen molar-refractivity contribution in [3.05, 3.63) is 11.6 Å². The number of ether oxygens (including phenoxy) is 5. The minimum atomic E-state index is -3.40. The first-order valence-electron chi connectivity index (χ1n) is 6.76. The number of esters is 1. The highest BCUT2D eigenvalue weighted by Gasteiger charge is 2.63. The lowest BCUT2D eigenvalue weighted by atomic mass is 9.88. The highest BCUT2D eigenvalue weighted by molar-refractivity contribution is 5.89. The third-order valence-corrected chi connectivity index (χ3v) is 4.28. The number of rotatable bonds is 3. The van der Waals surface area contributed by atoms with Crippen LogP contribution in [-0.2, 0) is 28.5 Å². The quantitative estimate of drug-likeness (QED) is 0.736. The van der Waals surface area contributed by atoms with E-state index in [1.807, 2.05) is 0 Å². The van der Waals surface area contributed by atoms with Crippen molar-refractivity contribution in [1.82, 2.24) is 0 Å². The summed E-state index contributed by atoms with van der Waals surface area (Å²) in [7, 11) is 3.81. The summed E-state index contributed by atoms with van der Waals surface area (Å²) in [5, 5.41) is 0. The molecule has 0 radical (unpaired) electrons. The summed E-state index contributed by atoms with van der Waals surface area (Å²) in [5.41, 5.74) is -0.156. The number of hydrogen-bond acceptors (Lipinski definition) is 6. The van der Waals surface area contributed by atoms with Crippen molar-refractivity contribution in [2.45, 2.75) is 50.0 Å². The molecule has 0 saturated carbocycles. The minimum absolute atomic E-state index is 0.0638. The summed E-state index contributed by atoms with van der Waals surface area (Å²) in [4.78, 5) is 11.6. The second-order valence-corrected chi connectivity index (χ2v) is 5.53. The van der Waals surface area contributed by atoms with Crippen LogP contribution in [0.4, 0.5) is 8.78 Å². The number of alkyl halides is 2. The van der Waals surface area contributed by atoms with Gasteiger partial charge in [-0.1, -0.05) is 0 Å². The van der Waals surface area contributed by atoms with E-state index in [0.717, 1.165) is 7.11 Å². The second-order valence-electron chi connectivity index (χ2n) is 5.53. The number of carbonyl (C=O) groups is 1. The molecule has 0 aromatic heterocycles. The van der Waals surface area contributed by atoms with Crippen LogP contribution in [0.25, 0.3) is 0 Å². The molecule has 8 heteroatoms. The molecule has 22 heavy (non-hydrogen) atoms. The van der Waals surface area contributed by atoms with Crippen molar-refractivity contribution in [2.24, 2.45) is 0 Å². The van der Waals surface area contributed by atoms with Gasteiger partial charge in [-0.2, -0.15) is 8.78 Å². The average molecular weight is 322 g/mol. The van der Waals surface area contributed by atoms with E-state index in [2.05, 4.69) is 4.74 Å². The predicted molar refractivity (Wildman–Crippen MR) is 70.2 cm³/mol. The van der Waals surface area contributed by atoms with Crippen LogP contribution < -0.4 is 0 Å². The zero-order chi connectivity index (χ0) is 16.8. The van der Waals surface area contributed by atoms with Gasteiger partial charge in [-0.05, 0) is 19.9 Å². The first-order chi connectivity index (χ1) is 10.1. The molecule has 126 valence electrons. The van der Waals surface area contributed by atoms with Crippen molar-refractivity contribution < 1.29 is 37.3 Å². The Morgan fingerprint density at radius 3 is 2.23 bits per heavy atom. The van der Waals surface area contributed by atoms with Gasteiger partial charge in [0.15, 0.2) is 6.10 Å². The fourth-order valence-electron chi connectivity index (χ4n) is 2.69. The van der Waals surface area contributed by atoms with E-state index in [0.29, 0.717) is 6.08 Å². The first kappa shape index (κ1) is 17.3. The zero-order valence-electron chi connectivity index (χ0n) is 13.1. The Morgan fingerprint density at radius 1 is 1.18 bits per heavy atom. The lowest BCUT2D eigenvalue weighted by molar-refractivity contribution is -0.461. The third-order valence-electron chi connectivity index (χ3n) is 4.28. The molecule has 0 aromatic carbocycles. The van der Waals surface area contributed by atoms with Gasteiger partial charge in [0.1, 0.15) is 0 Å². The van der Waals surface area contributed by atoms with Gasteiger partial charge in [0, 0.05) is 26.2 Å². The maximum Gasteiger partial charge on any atom is 0.333 e. The molecular formula is C14H20F2O6. The highest BCUT2D eigenvalue weighted by atomic mass is 19.3. The van der Waals surface area contributed by atoms with E-state index in [1.54, 1.807) is 0 Å². The van der Waals surface area contributed by atoms with Crippen LogP contribution in [-0.4, -0.2) is 57.0 Å². The molecule has 0 bridgehead atoms. The van der Waals surface area contributed by atoms with E-state index in [-0.39, 0.29) is 12.0 Å². The summed E-state index contributed by atoms with van der Waals surface area (Å²) in [5.74, 6) is -7.15. The number of methoxy groups -OCH3 is 3. The SMILES string of the molecule is COC(=O)C1=CC(F)(F)[C@H]2O[C@](C)(OC)[C@@](C)(OC)O[C@@H]2C1. The van der Waals surface area contributed by atoms with Gasteiger partial charge in [0.2, 0.25) is 11.6 Å².